The van der Waals surface area contributed by atoms with Gasteiger partial charge in [-0.3, -0.25) is 9.69 Å². The van der Waals surface area contributed by atoms with Gasteiger partial charge in [-0.2, -0.15) is 0 Å². The Bertz CT molecular complexity index is 316. The van der Waals surface area contributed by atoms with Crippen LogP contribution in [0.15, 0.2) is 24.3 Å². The molecule has 0 unspecified atom stereocenters. The Hall–Kier alpha value is -1.13. The Morgan fingerprint density at radius 3 is 2.47 bits per heavy atom. The average Bonchev–Trinajstić information content (AvgIpc) is 2.39. The number of amides is 1. The summed E-state index contributed by atoms with van der Waals surface area (Å²) < 4.78 is 5.54. The molecule has 0 spiro atoms. The second-order valence-electron chi connectivity index (χ2n) is 4.97. The summed E-state index contributed by atoms with van der Waals surface area (Å²) in [7, 11) is 0. The van der Waals surface area contributed by atoms with Crippen molar-refractivity contribution in [2.24, 2.45) is 0 Å². The van der Waals surface area contributed by atoms with Gasteiger partial charge in [0.15, 0.2) is 0 Å². The molecule has 108 valence electrons. The zero-order valence-corrected chi connectivity index (χ0v) is 12.3. The third-order valence-corrected chi connectivity index (χ3v) is 3.09. The molecular weight excluding hydrogens is 240 g/mol. The molecule has 1 aliphatic rings. The monoisotopic (exact) mass is 266 g/mol. The first-order chi connectivity index (χ1) is 9.13. The van der Waals surface area contributed by atoms with Gasteiger partial charge in [-0.05, 0) is 20.8 Å². The summed E-state index contributed by atoms with van der Waals surface area (Å²) in [5, 5.41) is 0. The molecule has 4 nitrogen and oxygen atoms in total. The Labute approximate surface area is 116 Å². The topological polar surface area (TPSA) is 32.8 Å². The molecule has 0 atom stereocenters. The van der Waals surface area contributed by atoms with E-state index in [0.29, 0.717) is 6.10 Å². The van der Waals surface area contributed by atoms with Crippen molar-refractivity contribution in [3.8, 4) is 0 Å². The summed E-state index contributed by atoms with van der Waals surface area (Å²) in [6.07, 6.45) is 7.51. The van der Waals surface area contributed by atoms with Crippen LogP contribution in [-0.4, -0.2) is 61.1 Å². The summed E-state index contributed by atoms with van der Waals surface area (Å²) in [5.41, 5.74) is 0. The predicted molar refractivity (Wildman–Crippen MR) is 78.1 cm³/mol. The normalized spacial score (nSPS) is 18.0. The van der Waals surface area contributed by atoms with E-state index in [1.807, 2.05) is 37.8 Å². The number of nitrogens with zero attached hydrogens (tertiary/aromatic N) is 2. The van der Waals surface area contributed by atoms with E-state index >= 15 is 0 Å². The smallest absolute Gasteiger partial charge is 0.246 e. The number of hydrogen-bond donors (Lipinski definition) is 0. The lowest BCUT2D eigenvalue weighted by Crippen LogP contribution is -2.49. The zero-order valence-electron chi connectivity index (χ0n) is 12.3. The minimum Gasteiger partial charge on any atom is -0.377 e. The van der Waals surface area contributed by atoms with Crippen LogP contribution < -0.4 is 0 Å². The fraction of sp³-hybridized carbons (Fsp3) is 0.667. The van der Waals surface area contributed by atoms with Gasteiger partial charge in [-0.25, -0.2) is 0 Å². The van der Waals surface area contributed by atoms with Crippen molar-refractivity contribution in [2.75, 3.05) is 39.3 Å². The van der Waals surface area contributed by atoms with E-state index in [9.17, 15) is 4.79 Å². The quantitative estimate of drug-likeness (QED) is 0.542. The second kappa shape index (κ2) is 8.88. The van der Waals surface area contributed by atoms with Crippen LogP contribution in [0.4, 0.5) is 0 Å². The van der Waals surface area contributed by atoms with Crippen molar-refractivity contribution in [1.29, 1.82) is 0 Å². The summed E-state index contributed by atoms with van der Waals surface area (Å²) in [6.45, 7) is 11.2. The van der Waals surface area contributed by atoms with E-state index in [4.69, 9.17) is 4.74 Å². The van der Waals surface area contributed by atoms with Crippen LogP contribution in [0.1, 0.15) is 20.8 Å². The molecular formula is C15H26N2O2. The predicted octanol–water partition coefficient (Wildman–Crippen LogP) is 1.69. The number of allylic oxidation sites excluding steroid dienone is 3. The van der Waals surface area contributed by atoms with Crippen LogP contribution in [0.25, 0.3) is 0 Å². The second-order valence-corrected chi connectivity index (χ2v) is 4.97. The van der Waals surface area contributed by atoms with Crippen LogP contribution in [0.2, 0.25) is 0 Å². The molecule has 1 heterocycles. The number of carbonyl (C=O) groups is 1. The molecule has 0 aromatic carbocycles. The number of rotatable bonds is 6. The Kier molecular flexibility index (Phi) is 7.45. The van der Waals surface area contributed by atoms with Gasteiger partial charge in [0, 0.05) is 38.8 Å². The largest absolute Gasteiger partial charge is 0.377 e. The first-order valence-electron chi connectivity index (χ1n) is 7.05. The SMILES string of the molecule is CC=CC=CC(=O)N1CCN(CCOC(C)C)CC1. The van der Waals surface area contributed by atoms with Crippen molar-refractivity contribution < 1.29 is 9.53 Å². The first kappa shape index (κ1) is 15.9. The van der Waals surface area contributed by atoms with Gasteiger partial charge in [0.1, 0.15) is 0 Å². The highest BCUT2D eigenvalue weighted by atomic mass is 16.5. The van der Waals surface area contributed by atoms with Crippen molar-refractivity contribution in [1.82, 2.24) is 9.80 Å². The van der Waals surface area contributed by atoms with Gasteiger partial charge in [-0.15, -0.1) is 0 Å². The molecule has 0 radical (unpaired) electrons. The lowest BCUT2D eigenvalue weighted by atomic mass is 10.3. The van der Waals surface area contributed by atoms with E-state index in [2.05, 4.69) is 4.90 Å². The summed E-state index contributed by atoms with van der Waals surface area (Å²) >= 11 is 0. The Balaban J connectivity index is 2.23. The summed E-state index contributed by atoms with van der Waals surface area (Å²) in [5.74, 6) is 0.108. The van der Waals surface area contributed by atoms with Crippen LogP contribution in [0, 0.1) is 0 Å². The van der Waals surface area contributed by atoms with Crippen LogP contribution in [-0.2, 0) is 9.53 Å². The molecule has 19 heavy (non-hydrogen) atoms. The third kappa shape index (κ3) is 6.55. The summed E-state index contributed by atoms with van der Waals surface area (Å²) in [4.78, 5) is 16.1. The van der Waals surface area contributed by atoms with Gasteiger partial charge in [0.25, 0.3) is 0 Å². The molecule has 1 saturated heterocycles. The molecule has 1 fully saturated rings. The van der Waals surface area contributed by atoms with Gasteiger partial charge in [0.05, 0.1) is 12.7 Å². The molecule has 0 saturated carbocycles. The number of ether oxygens (including phenoxy) is 1. The molecule has 0 aromatic rings. The minimum atomic E-state index is 0.108. The first-order valence-corrected chi connectivity index (χ1v) is 7.05. The van der Waals surface area contributed by atoms with E-state index in [1.54, 1.807) is 12.2 Å². The standard InChI is InChI=1S/C15H26N2O2/c1-4-5-6-7-15(18)17-10-8-16(9-11-17)12-13-19-14(2)3/h4-7,14H,8-13H2,1-3H3. The number of piperazine rings is 1. The highest BCUT2D eigenvalue weighted by molar-refractivity contribution is 5.87. The molecule has 0 N–H and O–H groups in total. The molecule has 0 bridgehead atoms. The maximum Gasteiger partial charge on any atom is 0.246 e. The molecule has 4 heteroatoms. The van der Waals surface area contributed by atoms with Crippen molar-refractivity contribution in [3.63, 3.8) is 0 Å². The maximum absolute atomic E-state index is 11.8. The maximum atomic E-state index is 11.8. The third-order valence-electron chi connectivity index (χ3n) is 3.09. The van der Waals surface area contributed by atoms with Crippen LogP contribution >= 0.6 is 0 Å². The van der Waals surface area contributed by atoms with E-state index in [0.717, 1.165) is 39.3 Å². The highest BCUT2D eigenvalue weighted by Crippen LogP contribution is 2.03. The van der Waals surface area contributed by atoms with Gasteiger partial charge in [0.2, 0.25) is 5.91 Å². The average molecular weight is 266 g/mol. The van der Waals surface area contributed by atoms with E-state index in [1.165, 1.54) is 0 Å². The van der Waals surface area contributed by atoms with E-state index < -0.39 is 0 Å². The molecule has 0 aromatic heterocycles. The lowest BCUT2D eigenvalue weighted by Gasteiger charge is -2.34. The van der Waals surface area contributed by atoms with E-state index in [-0.39, 0.29) is 5.91 Å². The molecule has 1 amide bonds. The van der Waals surface area contributed by atoms with Crippen molar-refractivity contribution in [3.05, 3.63) is 24.3 Å². The van der Waals surface area contributed by atoms with Gasteiger partial charge < -0.3 is 9.64 Å². The summed E-state index contributed by atoms with van der Waals surface area (Å²) in [6, 6.07) is 0. The molecule has 1 rings (SSSR count). The lowest BCUT2D eigenvalue weighted by molar-refractivity contribution is -0.127. The van der Waals surface area contributed by atoms with Gasteiger partial charge >= 0.3 is 0 Å². The molecule has 0 aliphatic carbocycles. The number of carbonyl (C=O) groups excluding carboxylic acids is 1. The van der Waals surface area contributed by atoms with Gasteiger partial charge in [-0.1, -0.05) is 18.2 Å². The zero-order chi connectivity index (χ0) is 14.1. The molecule has 1 aliphatic heterocycles. The fourth-order valence-electron chi connectivity index (χ4n) is 1.96. The van der Waals surface area contributed by atoms with Crippen molar-refractivity contribution >= 4 is 5.91 Å². The highest BCUT2D eigenvalue weighted by Gasteiger charge is 2.18. The Morgan fingerprint density at radius 1 is 1.21 bits per heavy atom. The van der Waals surface area contributed by atoms with Crippen LogP contribution in [0.3, 0.4) is 0 Å². The Morgan fingerprint density at radius 2 is 1.89 bits per heavy atom. The fourth-order valence-corrected chi connectivity index (χ4v) is 1.96. The van der Waals surface area contributed by atoms with Crippen molar-refractivity contribution in [2.45, 2.75) is 26.9 Å². The number of hydrogen-bond acceptors (Lipinski definition) is 3. The minimum absolute atomic E-state index is 0.108. The van der Waals surface area contributed by atoms with Crippen LogP contribution in [0.5, 0.6) is 0 Å².